The summed E-state index contributed by atoms with van der Waals surface area (Å²) >= 11 is 0. The predicted molar refractivity (Wildman–Crippen MR) is 69.3 cm³/mol. The number of anilines is 1. The van der Waals surface area contributed by atoms with Crippen LogP contribution in [0.2, 0.25) is 0 Å². The smallest absolute Gasteiger partial charge is 0.225 e. The maximum atomic E-state index is 11.6. The van der Waals surface area contributed by atoms with Crippen molar-refractivity contribution in [2.75, 3.05) is 25.5 Å². The third-order valence-electron chi connectivity index (χ3n) is 2.20. The summed E-state index contributed by atoms with van der Waals surface area (Å²) in [4.78, 5) is 11.6. The maximum Gasteiger partial charge on any atom is 0.225 e. The van der Waals surface area contributed by atoms with E-state index in [0.717, 1.165) is 0 Å². The molecule has 4 heteroatoms. The summed E-state index contributed by atoms with van der Waals surface area (Å²) < 4.78 is 5.15. The molecular weight excluding hydrogens is 216 g/mol. The van der Waals surface area contributed by atoms with E-state index in [9.17, 15) is 4.79 Å². The number of nitrogens with one attached hydrogen (secondary N) is 2. The Morgan fingerprint density at radius 2 is 2.24 bits per heavy atom. The maximum absolute atomic E-state index is 11.6. The van der Waals surface area contributed by atoms with Crippen LogP contribution >= 0.6 is 0 Å². The van der Waals surface area contributed by atoms with Gasteiger partial charge in [0.1, 0.15) is 5.75 Å². The lowest BCUT2D eigenvalue weighted by atomic mass is 10.3. The molecule has 0 aliphatic rings. The molecule has 0 aliphatic carbocycles. The average Bonchev–Trinajstić information content (AvgIpc) is 2.35. The molecule has 92 valence electrons. The van der Waals surface area contributed by atoms with Crippen molar-refractivity contribution in [3.8, 4) is 5.75 Å². The Morgan fingerprint density at radius 1 is 1.47 bits per heavy atom. The highest BCUT2D eigenvalue weighted by atomic mass is 16.5. The third-order valence-corrected chi connectivity index (χ3v) is 2.20. The van der Waals surface area contributed by atoms with Crippen LogP contribution in [0.25, 0.3) is 0 Å². The lowest BCUT2D eigenvalue weighted by Gasteiger charge is -2.09. The molecule has 0 aromatic heterocycles. The van der Waals surface area contributed by atoms with Crippen molar-refractivity contribution in [3.05, 3.63) is 36.9 Å². The molecule has 1 rings (SSSR count). The zero-order chi connectivity index (χ0) is 12.5. The quantitative estimate of drug-likeness (QED) is 0.558. The van der Waals surface area contributed by atoms with Crippen LogP contribution in [-0.4, -0.2) is 26.1 Å². The normalized spacial score (nSPS) is 9.71. The summed E-state index contributed by atoms with van der Waals surface area (Å²) in [6.45, 7) is 4.93. The Hall–Kier alpha value is -1.81. The number of para-hydroxylation sites is 2. The highest BCUT2D eigenvalue weighted by molar-refractivity contribution is 5.92. The zero-order valence-corrected chi connectivity index (χ0v) is 10.0. The topological polar surface area (TPSA) is 50.4 Å². The number of hydrogen-bond acceptors (Lipinski definition) is 3. The van der Waals surface area contributed by atoms with Gasteiger partial charge < -0.3 is 15.4 Å². The van der Waals surface area contributed by atoms with Gasteiger partial charge in [0.25, 0.3) is 0 Å². The SMILES string of the molecule is C=CCNCCC(=O)Nc1ccccc1OC. The Bertz CT molecular complexity index is 377. The molecule has 0 spiro atoms. The van der Waals surface area contributed by atoms with Crippen LogP contribution in [0, 0.1) is 0 Å². The Labute approximate surface area is 102 Å². The van der Waals surface area contributed by atoms with E-state index >= 15 is 0 Å². The molecule has 1 amide bonds. The number of hydrogen-bond donors (Lipinski definition) is 2. The molecule has 0 saturated heterocycles. The van der Waals surface area contributed by atoms with Crippen LogP contribution in [0.4, 0.5) is 5.69 Å². The summed E-state index contributed by atoms with van der Waals surface area (Å²) in [6, 6.07) is 7.34. The Balaban J connectivity index is 2.42. The minimum Gasteiger partial charge on any atom is -0.495 e. The number of carbonyl (C=O) groups excluding carboxylic acids is 1. The largest absolute Gasteiger partial charge is 0.495 e. The molecule has 0 fully saturated rings. The van der Waals surface area contributed by atoms with E-state index in [1.54, 1.807) is 13.2 Å². The van der Waals surface area contributed by atoms with Gasteiger partial charge in [-0.2, -0.15) is 0 Å². The fraction of sp³-hybridized carbons (Fsp3) is 0.308. The molecule has 0 unspecified atom stereocenters. The molecule has 0 heterocycles. The van der Waals surface area contributed by atoms with Crippen molar-refractivity contribution in [1.29, 1.82) is 0 Å². The molecular formula is C13H18N2O2. The van der Waals surface area contributed by atoms with Crippen molar-refractivity contribution in [3.63, 3.8) is 0 Å². The van der Waals surface area contributed by atoms with E-state index in [2.05, 4.69) is 17.2 Å². The van der Waals surface area contributed by atoms with Crippen molar-refractivity contribution in [2.24, 2.45) is 0 Å². The highest BCUT2D eigenvalue weighted by Gasteiger charge is 2.05. The molecule has 0 aliphatic heterocycles. The Kier molecular flexibility index (Phi) is 5.82. The van der Waals surface area contributed by atoms with E-state index in [1.807, 2.05) is 24.3 Å². The van der Waals surface area contributed by atoms with Crippen LogP contribution in [0.1, 0.15) is 6.42 Å². The van der Waals surface area contributed by atoms with E-state index in [0.29, 0.717) is 30.9 Å². The molecule has 1 aromatic rings. The molecule has 17 heavy (non-hydrogen) atoms. The van der Waals surface area contributed by atoms with Gasteiger partial charge in [-0.05, 0) is 12.1 Å². The number of amides is 1. The second-order valence-corrected chi connectivity index (χ2v) is 3.49. The second-order valence-electron chi connectivity index (χ2n) is 3.49. The van der Waals surface area contributed by atoms with Gasteiger partial charge in [-0.3, -0.25) is 4.79 Å². The molecule has 1 aromatic carbocycles. The van der Waals surface area contributed by atoms with Crippen molar-refractivity contribution < 1.29 is 9.53 Å². The number of carbonyl (C=O) groups is 1. The standard InChI is InChI=1S/C13H18N2O2/c1-3-9-14-10-8-13(16)15-11-6-4-5-7-12(11)17-2/h3-7,14H,1,8-10H2,2H3,(H,15,16). The molecule has 0 saturated carbocycles. The summed E-state index contributed by atoms with van der Waals surface area (Å²) in [7, 11) is 1.58. The average molecular weight is 234 g/mol. The van der Waals surface area contributed by atoms with E-state index in [1.165, 1.54) is 0 Å². The van der Waals surface area contributed by atoms with E-state index < -0.39 is 0 Å². The van der Waals surface area contributed by atoms with Gasteiger partial charge >= 0.3 is 0 Å². The number of benzene rings is 1. The van der Waals surface area contributed by atoms with Gasteiger partial charge in [0, 0.05) is 19.5 Å². The molecule has 0 radical (unpaired) electrons. The van der Waals surface area contributed by atoms with Crippen molar-refractivity contribution >= 4 is 11.6 Å². The summed E-state index contributed by atoms with van der Waals surface area (Å²) in [5.74, 6) is 0.631. The second kappa shape index (κ2) is 7.46. The van der Waals surface area contributed by atoms with Crippen LogP contribution in [0.5, 0.6) is 5.75 Å². The number of ether oxygens (including phenoxy) is 1. The van der Waals surface area contributed by atoms with Crippen LogP contribution in [0.15, 0.2) is 36.9 Å². The van der Waals surface area contributed by atoms with E-state index in [-0.39, 0.29) is 5.91 Å². The summed E-state index contributed by atoms with van der Waals surface area (Å²) in [6.07, 6.45) is 2.18. The fourth-order valence-electron chi connectivity index (χ4n) is 1.37. The first kappa shape index (κ1) is 13.3. The van der Waals surface area contributed by atoms with Gasteiger partial charge in [0.15, 0.2) is 0 Å². The first-order chi connectivity index (χ1) is 8.27. The summed E-state index contributed by atoms with van der Waals surface area (Å²) in [5.41, 5.74) is 0.698. The van der Waals surface area contributed by atoms with Gasteiger partial charge in [-0.25, -0.2) is 0 Å². The van der Waals surface area contributed by atoms with Crippen molar-refractivity contribution in [1.82, 2.24) is 5.32 Å². The minimum atomic E-state index is -0.0361. The molecule has 2 N–H and O–H groups in total. The summed E-state index contributed by atoms with van der Waals surface area (Å²) in [5, 5.41) is 5.88. The Morgan fingerprint density at radius 3 is 2.94 bits per heavy atom. The van der Waals surface area contributed by atoms with Crippen LogP contribution < -0.4 is 15.4 Å². The molecule has 4 nitrogen and oxygen atoms in total. The lowest BCUT2D eigenvalue weighted by molar-refractivity contribution is -0.116. The van der Waals surface area contributed by atoms with Crippen molar-refractivity contribution in [2.45, 2.75) is 6.42 Å². The number of methoxy groups -OCH3 is 1. The first-order valence-electron chi connectivity index (χ1n) is 5.52. The van der Waals surface area contributed by atoms with E-state index in [4.69, 9.17) is 4.74 Å². The van der Waals surface area contributed by atoms with Crippen LogP contribution in [-0.2, 0) is 4.79 Å². The third kappa shape index (κ3) is 4.70. The van der Waals surface area contributed by atoms with Gasteiger partial charge in [-0.1, -0.05) is 18.2 Å². The van der Waals surface area contributed by atoms with Crippen LogP contribution in [0.3, 0.4) is 0 Å². The lowest BCUT2D eigenvalue weighted by Crippen LogP contribution is -2.21. The zero-order valence-electron chi connectivity index (χ0n) is 10.0. The predicted octanol–water partition coefficient (Wildman–Crippen LogP) is 1.80. The van der Waals surface area contributed by atoms with Gasteiger partial charge in [0.05, 0.1) is 12.8 Å². The van der Waals surface area contributed by atoms with Gasteiger partial charge in [-0.15, -0.1) is 6.58 Å². The molecule has 0 atom stereocenters. The monoisotopic (exact) mass is 234 g/mol. The molecule has 0 bridgehead atoms. The minimum absolute atomic E-state index is 0.0361. The highest BCUT2D eigenvalue weighted by Crippen LogP contribution is 2.22. The first-order valence-corrected chi connectivity index (χ1v) is 5.52. The fourth-order valence-corrected chi connectivity index (χ4v) is 1.37. The number of rotatable bonds is 7. The van der Waals surface area contributed by atoms with Gasteiger partial charge in [0.2, 0.25) is 5.91 Å².